The van der Waals surface area contributed by atoms with Crippen molar-refractivity contribution >= 4 is 5.91 Å². The predicted octanol–water partition coefficient (Wildman–Crippen LogP) is 0.425. The zero-order chi connectivity index (χ0) is 10.6. The Morgan fingerprint density at radius 1 is 0.933 bits per heavy atom. The van der Waals surface area contributed by atoms with Crippen molar-refractivity contribution in [3.8, 4) is 0 Å². The van der Waals surface area contributed by atoms with E-state index in [2.05, 4.69) is 5.32 Å². The Morgan fingerprint density at radius 3 is 2.13 bits per heavy atom. The number of rotatable bonds is 9. The first-order valence-electron chi connectivity index (χ1n) is 5.29. The molecule has 0 unspecified atom stereocenters. The molecular weight excluding hydrogens is 366 g/mol. The second kappa shape index (κ2) is 14.1. The van der Waals surface area contributed by atoms with E-state index in [9.17, 15) is 4.79 Å². The Bertz CT molecular complexity index is 145. The molecule has 0 aromatic rings. The van der Waals surface area contributed by atoms with Gasteiger partial charge in [0.05, 0.1) is 0 Å². The fourth-order valence-corrected chi connectivity index (χ4v) is 1.15. The number of nitrogens with one attached hydrogen (secondary N) is 1. The molecule has 0 saturated heterocycles. The molecule has 0 heterocycles. The van der Waals surface area contributed by atoms with Crippen LogP contribution < -0.4 is 5.32 Å². The number of unbranched alkanes of at least 4 members (excludes halogenated alkanes) is 3. The van der Waals surface area contributed by atoms with E-state index >= 15 is 0 Å². The Hall–Kier alpha value is 0.0783. The van der Waals surface area contributed by atoms with Crippen LogP contribution in [0, 0.1) is 0 Å². The fraction of sp³-hybridized carbons (Fsp3) is 0.900. The van der Waals surface area contributed by atoms with Crippen LogP contribution in [-0.4, -0.2) is 35.9 Å². The van der Waals surface area contributed by atoms with Gasteiger partial charge in [0, 0.05) is 47.2 Å². The van der Waals surface area contributed by atoms with Crippen LogP contribution in [0.1, 0.15) is 38.5 Å². The summed E-state index contributed by atoms with van der Waals surface area (Å²) < 4.78 is 0. The third-order valence-electron chi connectivity index (χ3n) is 1.97. The molecule has 3 N–H and O–H groups in total. The second-order valence-electron chi connectivity index (χ2n) is 3.31. The largest absolute Gasteiger partial charge is 0.396 e. The number of amides is 1. The third-order valence-corrected chi connectivity index (χ3v) is 1.97. The molecule has 0 aliphatic heterocycles. The molecular formula is C10H21NO3W. The van der Waals surface area contributed by atoms with E-state index in [-0.39, 0.29) is 40.2 Å². The zero-order valence-electron chi connectivity index (χ0n) is 9.07. The Labute approximate surface area is 106 Å². The maximum absolute atomic E-state index is 11.0. The maximum Gasteiger partial charge on any atom is 0.220 e. The summed E-state index contributed by atoms with van der Waals surface area (Å²) in [7, 11) is 0. The molecule has 5 heteroatoms. The Balaban J connectivity index is 0. The molecule has 4 nitrogen and oxygen atoms in total. The minimum atomic E-state index is 0. The van der Waals surface area contributed by atoms with Crippen LogP contribution in [0.25, 0.3) is 0 Å². The summed E-state index contributed by atoms with van der Waals surface area (Å²) in [6.45, 7) is 1.03. The summed E-state index contributed by atoms with van der Waals surface area (Å²) >= 11 is 0. The Kier molecular flexibility index (Phi) is 16.4. The van der Waals surface area contributed by atoms with Crippen molar-refractivity contribution < 1.29 is 36.1 Å². The second-order valence-corrected chi connectivity index (χ2v) is 3.31. The number of aliphatic hydroxyl groups excluding tert-OH is 2. The van der Waals surface area contributed by atoms with Crippen LogP contribution in [0.2, 0.25) is 0 Å². The van der Waals surface area contributed by atoms with Gasteiger partial charge in [-0.1, -0.05) is 12.8 Å². The molecule has 0 aliphatic carbocycles. The van der Waals surface area contributed by atoms with Gasteiger partial charge in [0.1, 0.15) is 0 Å². The van der Waals surface area contributed by atoms with Crippen molar-refractivity contribution in [1.29, 1.82) is 0 Å². The molecule has 0 radical (unpaired) electrons. The molecule has 0 fully saturated rings. The van der Waals surface area contributed by atoms with E-state index in [0.29, 0.717) is 19.4 Å². The summed E-state index contributed by atoms with van der Waals surface area (Å²) in [5.74, 6) is 0.0150. The topological polar surface area (TPSA) is 69.6 Å². The number of hydrogen-bond acceptors (Lipinski definition) is 3. The minimum Gasteiger partial charge on any atom is -0.396 e. The monoisotopic (exact) mass is 387 g/mol. The van der Waals surface area contributed by atoms with Gasteiger partial charge in [-0.25, -0.2) is 0 Å². The van der Waals surface area contributed by atoms with E-state index < -0.39 is 0 Å². The Morgan fingerprint density at radius 2 is 1.53 bits per heavy atom. The van der Waals surface area contributed by atoms with Crippen molar-refractivity contribution in [2.24, 2.45) is 0 Å². The maximum atomic E-state index is 11.0. The molecule has 0 saturated carbocycles. The van der Waals surface area contributed by atoms with Gasteiger partial charge < -0.3 is 15.5 Å². The van der Waals surface area contributed by atoms with Gasteiger partial charge >= 0.3 is 0 Å². The first-order valence-corrected chi connectivity index (χ1v) is 5.29. The van der Waals surface area contributed by atoms with Crippen molar-refractivity contribution in [2.45, 2.75) is 38.5 Å². The predicted molar refractivity (Wildman–Crippen MR) is 54.9 cm³/mol. The van der Waals surface area contributed by atoms with E-state index in [0.717, 1.165) is 25.7 Å². The quantitative estimate of drug-likeness (QED) is 0.503. The van der Waals surface area contributed by atoms with E-state index in [1.807, 2.05) is 0 Å². The molecule has 0 atom stereocenters. The van der Waals surface area contributed by atoms with Crippen LogP contribution in [0.15, 0.2) is 0 Å². The summed E-state index contributed by atoms with van der Waals surface area (Å²) in [5.41, 5.74) is 0. The molecule has 0 aliphatic rings. The van der Waals surface area contributed by atoms with Crippen molar-refractivity contribution in [3.05, 3.63) is 0 Å². The number of hydrogen-bond donors (Lipinski definition) is 3. The average molecular weight is 387 g/mol. The van der Waals surface area contributed by atoms with Gasteiger partial charge in [-0.15, -0.1) is 0 Å². The van der Waals surface area contributed by atoms with Gasteiger partial charge in [-0.05, 0) is 19.3 Å². The third kappa shape index (κ3) is 14.1. The van der Waals surface area contributed by atoms with Gasteiger partial charge in [0.2, 0.25) is 5.91 Å². The number of carbonyl (C=O) groups is 1. The summed E-state index contributed by atoms with van der Waals surface area (Å²) in [5, 5.41) is 19.8. The fourth-order valence-electron chi connectivity index (χ4n) is 1.15. The van der Waals surface area contributed by atoms with Crippen LogP contribution in [0.4, 0.5) is 0 Å². The van der Waals surface area contributed by atoms with Gasteiger partial charge in [-0.3, -0.25) is 4.79 Å². The van der Waals surface area contributed by atoms with Gasteiger partial charge in [0.25, 0.3) is 0 Å². The number of carbonyl (C=O) groups excluding carboxylic acids is 1. The summed E-state index contributed by atoms with van der Waals surface area (Å²) in [4.78, 5) is 11.0. The minimum absolute atomic E-state index is 0. The van der Waals surface area contributed by atoms with Crippen molar-refractivity contribution in [3.63, 3.8) is 0 Å². The SMILES string of the molecule is O=C(CCCO)NCCCCCCO.[W]. The molecule has 0 bridgehead atoms. The molecule has 0 aromatic heterocycles. The number of aliphatic hydroxyl groups is 2. The van der Waals surface area contributed by atoms with Crippen molar-refractivity contribution in [2.75, 3.05) is 19.8 Å². The molecule has 0 rings (SSSR count). The van der Waals surface area contributed by atoms with Crippen LogP contribution >= 0.6 is 0 Å². The van der Waals surface area contributed by atoms with Gasteiger partial charge in [-0.2, -0.15) is 0 Å². The smallest absolute Gasteiger partial charge is 0.220 e. The van der Waals surface area contributed by atoms with E-state index in [1.54, 1.807) is 0 Å². The van der Waals surface area contributed by atoms with Crippen LogP contribution in [0.3, 0.4) is 0 Å². The van der Waals surface area contributed by atoms with E-state index in [4.69, 9.17) is 10.2 Å². The summed E-state index contributed by atoms with van der Waals surface area (Å²) in [6, 6.07) is 0. The molecule has 0 aromatic carbocycles. The summed E-state index contributed by atoms with van der Waals surface area (Å²) in [6.07, 6.45) is 4.82. The standard InChI is InChI=1S/C10H21NO3.W/c12-8-4-2-1-3-7-11-10(14)6-5-9-13;/h12-13H,1-9H2,(H,11,14);. The first kappa shape index (κ1) is 17.5. The van der Waals surface area contributed by atoms with Crippen LogP contribution in [0.5, 0.6) is 0 Å². The molecule has 15 heavy (non-hydrogen) atoms. The molecule has 90 valence electrons. The normalized spacial score (nSPS) is 9.47. The first-order chi connectivity index (χ1) is 6.81. The molecule has 0 spiro atoms. The molecule has 1 amide bonds. The average Bonchev–Trinajstić information content (AvgIpc) is 2.20. The van der Waals surface area contributed by atoms with E-state index in [1.165, 1.54) is 0 Å². The van der Waals surface area contributed by atoms with Crippen molar-refractivity contribution in [1.82, 2.24) is 5.32 Å². The van der Waals surface area contributed by atoms with Gasteiger partial charge in [0.15, 0.2) is 0 Å². The zero-order valence-corrected chi connectivity index (χ0v) is 12.0. The van der Waals surface area contributed by atoms with Crippen LogP contribution in [-0.2, 0) is 25.9 Å².